The first-order valence-electron chi connectivity index (χ1n) is 6.18. The summed E-state index contributed by atoms with van der Waals surface area (Å²) in [7, 11) is 0. The summed E-state index contributed by atoms with van der Waals surface area (Å²) in [6, 6.07) is 4.89. The number of amides is 2. The zero-order valence-corrected chi connectivity index (χ0v) is 11.7. The van der Waals surface area contributed by atoms with Gasteiger partial charge >= 0.3 is 12.0 Å². The van der Waals surface area contributed by atoms with Crippen LogP contribution >= 0.6 is 0 Å². The molecule has 0 saturated carbocycles. The van der Waals surface area contributed by atoms with Crippen LogP contribution in [-0.2, 0) is 4.79 Å². The number of hydrogen-bond acceptors (Lipinski definition) is 2. The van der Waals surface area contributed by atoms with Gasteiger partial charge in [-0.05, 0) is 51.0 Å². The molecule has 0 radical (unpaired) electrons. The number of carboxylic acid groups (broad SMARTS) is 1. The fraction of sp³-hybridized carbons (Fsp3) is 0.429. The smallest absolute Gasteiger partial charge is 0.319 e. The lowest BCUT2D eigenvalue weighted by atomic mass is 10.0. The molecule has 2 unspecified atom stereocenters. The molecule has 2 amide bonds. The maximum Gasteiger partial charge on any atom is 0.319 e. The fourth-order valence-corrected chi connectivity index (χ4v) is 1.76. The Bertz CT molecular complexity index is 465. The SMILES string of the molecule is Cc1cc(C)cc(NC(=O)NC(C)C(C)C(=O)O)c1. The number of nitrogens with one attached hydrogen (secondary N) is 2. The molecule has 0 saturated heterocycles. The van der Waals surface area contributed by atoms with E-state index in [2.05, 4.69) is 10.6 Å². The molecular formula is C14H20N2O3. The van der Waals surface area contributed by atoms with Crippen LogP contribution in [0.15, 0.2) is 18.2 Å². The molecule has 0 aliphatic carbocycles. The first kappa shape index (κ1) is 15.0. The Morgan fingerprint density at radius 1 is 1.11 bits per heavy atom. The highest BCUT2D eigenvalue weighted by molar-refractivity contribution is 5.90. The second kappa shape index (κ2) is 6.22. The Morgan fingerprint density at radius 3 is 2.11 bits per heavy atom. The van der Waals surface area contributed by atoms with Gasteiger partial charge in [-0.25, -0.2) is 4.79 Å². The lowest BCUT2D eigenvalue weighted by Crippen LogP contribution is -2.42. The van der Waals surface area contributed by atoms with Crippen molar-refractivity contribution in [2.75, 3.05) is 5.32 Å². The Labute approximate surface area is 113 Å². The van der Waals surface area contributed by atoms with Gasteiger partial charge in [0.05, 0.1) is 5.92 Å². The van der Waals surface area contributed by atoms with Crippen molar-refractivity contribution in [3.63, 3.8) is 0 Å². The number of aryl methyl sites for hydroxylation is 2. The molecular weight excluding hydrogens is 244 g/mol. The number of carbonyl (C=O) groups excluding carboxylic acids is 1. The van der Waals surface area contributed by atoms with E-state index in [1.165, 1.54) is 0 Å². The van der Waals surface area contributed by atoms with E-state index in [-0.39, 0.29) is 0 Å². The maximum absolute atomic E-state index is 11.8. The maximum atomic E-state index is 11.8. The number of hydrogen-bond donors (Lipinski definition) is 3. The fourth-order valence-electron chi connectivity index (χ4n) is 1.76. The first-order valence-corrected chi connectivity index (χ1v) is 6.18. The molecule has 1 rings (SSSR count). The number of benzene rings is 1. The summed E-state index contributed by atoms with van der Waals surface area (Å²) < 4.78 is 0. The summed E-state index contributed by atoms with van der Waals surface area (Å²) in [5, 5.41) is 14.2. The van der Waals surface area contributed by atoms with E-state index in [4.69, 9.17) is 5.11 Å². The van der Waals surface area contributed by atoms with Crippen LogP contribution in [0.5, 0.6) is 0 Å². The van der Waals surface area contributed by atoms with Gasteiger partial charge in [-0.15, -0.1) is 0 Å². The molecule has 0 aliphatic heterocycles. The third-order valence-corrected chi connectivity index (χ3v) is 2.98. The zero-order valence-electron chi connectivity index (χ0n) is 11.7. The molecule has 5 nitrogen and oxygen atoms in total. The highest BCUT2D eigenvalue weighted by atomic mass is 16.4. The van der Waals surface area contributed by atoms with Crippen LogP contribution in [0.1, 0.15) is 25.0 Å². The van der Waals surface area contributed by atoms with Crippen LogP contribution in [0.2, 0.25) is 0 Å². The van der Waals surface area contributed by atoms with Crippen molar-refractivity contribution >= 4 is 17.7 Å². The molecule has 0 aliphatic rings. The van der Waals surface area contributed by atoms with Crippen molar-refractivity contribution in [2.24, 2.45) is 5.92 Å². The Kier molecular flexibility index (Phi) is 4.92. The van der Waals surface area contributed by atoms with Gasteiger partial charge in [-0.2, -0.15) is 0 Å². The molecule has 1 aromatic carbocycles. The third kappa shape index (κ3) is 4.62. The Morgan fingerprint density at radius 2 is 1.63 bits per heavy atom. The first-order chi connectivity index (χ1) is 8.79. The zero-order chi connectivity index (χ0) is 14.6. The molecule has 0 fully saturated rings. The molecule has 0 bridgehead atoms. The molecule has 19 heavy (non-hydrogen) atoms. The largest absolute Gasteiger partial charge is 0.481 e. The normalized spacial score (nSPS) is 13.5. The lowest BCUT2D eigenvalue weighted by Gasteiger charge is -2.18. The van der Waals surface area contributed by atoms with Crippen molar-refractivity contribution in [1.82, 2.24) is 5.32 Å². The van der Waals surface area contributed by atoms with Crippen molar-refractivity contribution < 1.29 is 14.7 Å². The highest BCUT2D eigenvalue weighted by Crippen LogP contribution is 2.13. The molecule has 1 aromatic rings. The van der Waals surface area contributed by atoms with Crippen molar-refractivity contribution in [3.05, 3.63) is 29.3 Å². The summed E-state index contributed by atoms with van der Waals surface area (Å²) in [4.78, 5) is 22.6. The Balaban J connectivity index is 2.62. The Hall–Kier alpha value is -2.04. The molecule has 104 valence electrons. The summed E-state index contributed by atoms with van der Waals surface area (Å²) >= 11 is 0. The minimum absolute atomic E-state index is 0.398. The van der Waals surface area contributed by atoms with E-state index >= 15 is 0 Å². The second-order valence-corrected chi connectivity index (χ2v) is 4.89. The van der Waals surface area contributed by atoms with Crippen molar-refractivity contribution in [3.8, 4) is 0 Å². The van der Waals surface area contributed by atoms with E-state index in [1.807, 2.05) is 32.0 Å². The average Bonchev–Trinajstić information content (AvgIpc) is 2.25. The molecule has 0 heterocycles. The third-order valence-electron chi connectivity index (χ3n) is 2.98. The summed E-state index contributed by atoms with van der Waals surface area (Å²) in [6.45, 7) is 7.13. The van der Waals surface area contributed by atoms with Gasteiger partial charge in [-0.1, -0.05) is 6.07 Å². The quantitative estimate of drug-likeness (QED) is 0.782. The molecule has 5 heteroatoms. The monoisotopic (exact) mass is 264 g/mol. The number of carbonyl (C=O) groups is 2. The van der Waals surface area contributed by atoms with Gasteiger partial charge in [-0.3, -0.25) is 4.79 Å². The van der Waals surface area contributed by atoms with Crippen LogP contribution in [0, 0.1) is 19.8 Å². The summed E-state index contributed by atoms with van der Waals surface area (Å²) in [5.74, 6) is -1.57. The molecule has 2 atom stereocenters. The predicted molar refractivity (Wildman–Crippen MR) is 74.3 cm³/mol. The second-order valence-electron chi connectivity index (χ2n) is 4.89. The topological polar surface area (TPSA) is 78.4 Å². The van der Waals surface area contributed by atoms with Gasteiger partial charge in [0.15, 0.2) is 0 Å². The summed E-state index contributed by atoms with van der Waals surface area (Å²) in [5.41, 5.74) is 2.81. The highest BCUT2D eigenvalue weighted by Gasteiger charge is 2.20. The van der Waals surface area contributed by atoms with Crippen LogP contribution < -0.4 is 10.6 Å². The van der Waals surface area contributed by atoms with Gasteiger partial charge in [0.25, 0.3) is 0 Å². The number of carboxylic acids is 1. The van der Waals surface area contributed by atoms with E-state index in [9.17, 15) is 9.59 Å². The number of rotatable bonds is 4. The van der Waals surface area contributed by atoms with Gasteiger partial charge < -0.3 is 15.7 Å². The minimum atomic E-state index is -0.931. The van der Waals surface area contributed by atoms with E-state index in [1.54, 1.807) is 13.8 Å². The summed E-state index contributed by atoms with van der Waals surface area (Å²) in [6.07, 6.45) is 0. The number of urea groups is 1. The van der Waals surface area contributed by atoms with Gasteiger partial charge in [0.2, 0.25) is 0 Å². The van der Waals surface area contributed by atoms with Crippen LogP contribution in [-0.4, -0.2) is 23.1 Å². The molecule has 3 N–H and O–H groups in total. The molecule has 0 spiro atoms. The van der Waals surface area contributed by atoms with Crippen molar-refractivity contribution in [1.29, 1.82) is 0 Å². The molecule has 0 aromatic heterocycles. The van der Waals surface area contributed by atoms with Gasteiger partial charge in [0.1, 0.15) is 0 Å². The van der Waals surface area contributed by atoms with Crippen LogP contribution in [0.4, 0.5) is 10.5 Å². The lowest BCUT2D eigenvalue weighted by molar-refractivity contribution is -0.141. The number of aliphatic carboxylic acids is 1. The van der Waals surface area contributed by atoms with Crippen molar-refractivity contribution in [2.45, 2.75) is 33.7 Å². The van der Waals surface area contributed by atoms with Crippen LogP contribution in [0.3, 0.4) is 0 Å². The van der Waals surface area contributed by atoms with E-state index < -0.39 is 24.0 Å². The predicted octanol–water partition coefficient (Wildman–Crippen LogP) is 2.53. The standard InChI is InChI=1S/C14H20N2O3/c1-8-5-9(2)7-12(6-8)16-14(19)15-11(4)10(3)13(17)18/h5-7,10-11H,1-4H3,(H,17,18)(H2,15,16,19). The van der Waals surface area contributed by atoms with Gasteiger partial charge in [0, 0.05) is 11.7 Å². The van der Waals surface area contributed by atoms with E-state index in [0.29, 0.717) is 5.69 Å². The number of anilines is 1. The minimum Gasteiger partial charge on any atom is -0.481 e. The van der Waals surface area contributed by atoms with Crippen LogP contribution in [0.25, 0.3) is 0 Å². The van der Waals surface area contributed by atoms with E-state index in [0.717, 1.165) is 11.1 Å². The average molecular weight is 264 g/mol.